The molecule has 6 heteroatoms. The first kappa shape index (κ1) is 12.5. The topological polar surface area (TPSA) is 80.7 Å². The van der Waals surface area contributed by atoms with E-state index in [1.807, 2.05) is 6.92 Å². The van der Waals surface area contributed by atoms with Crippen LogP contribution in [-0.4, -0.2) is 53.6 Å². The van der Waals surface area contributed by atoms with Crippen LogP contribution in [0.4, 0.5) is 0 Å². The third-order valence-electron chi connectivity index (χ3n) is 3.63. The summed E-state index contributed by atoms with van der Waals surface area (Å²) in [6.07, 6.45) is 1.99. The Morgan fingerprint density at radius 2 is 2.21 bits per heavy atom. The van der Waals surface area contributed by atoms with Crippen LogP contribution in [0.5, 0.6) is 0 Å². The molecule has 0 saturated carbocycles. The summed E-state index contributed by atoms with van der Waals surface area (Å²) in [6, 6.07) is 1.56. The van der Waals surface area contributed by atoms with Gasteiger partial charge in [0.25, 0.3) is 5.91 Å². The van der Waals surface area contributed by atoms with Gasteiger partial charge in [-0.2, -0.15) is 0 Å². The predicted molar refractivity (Wildman–Crippen MR) is 65.7 cm³/mol. The zero-order chi connectivity index (χ0) is 13.4. The molecular weight excluding hydrogens is 248 g/mol. The SMILES string of the molecule is Cc1ccncc1C(=O)N[C@@H]1CO[C@H]2[C@@H]1OC[C@H]2O. The number of hydrogen-bond donors (Lipinski definition) is 2. The van der Waals surface area contributed by atoms with Crippen LogP contribution >= 0.6 is 0 Å². The normalized spacial score (nSPS) is 33.2. The van der Waals surface area contributed by atoms with Gasteiger partial charge in [-0.05, 0) is 18.6 Å². The lowest BCUT2D eigenvalue weighted by molar-refractivity contribution is 0.0178. The highest BCUT2D eigenvalue weighted by molar-refractivity contribution is 5.95. The molecule has 0 bridgehead atoms. The monoisotopic (exact) mass is 264 g/mol. The van der Waals surface area contributed by atoms with E-state index in [1.54, 1.807) is 18.5 Å². The highest BCUT2D eigenvalue weighted by Crippen LogP contribution is 2.27. The van der Waals surface area contributed by atoms with Crippen LogP contribution in [0.2, 0.25) is 0 Å². The maximum atomic E-state index is 12.2. The Kier molecular flexibility index (Phi) is 3.22. The van der Waals surface area contributed by atoms with Gasteiger partial charge < -0.3 is 19.9 Å². The second-order valence-electron chi connectivity index (χ2n) is 4.93. The maximum Gasteiger partial charge on any atom is 0.253 e. The Balaban J connectivity index is 1.69. The first-order valence-electron chi connectivity index (χ1n) is 6.29. The average molecular weight is 264 g/mol. The highest BCUT2D eigenvalue weighted by Gasteiger charge is 2.47. The van der Waals surface area contributed by atoms with Crippen molar-refractivity contribution in [1.82, 2.24) is 10.3 Å². The fraction of sp³-hybridized carbons (Fsp3) is 0.538. The van der Waals surface area contributed by atoms with Crippen LogP contribution in [0.1, 0.15) is 15.9 Å². The van der Waals surface area contributed by atoms with E-state index < -0.39 is 6.10 Å². The molecule has 3 heterocycles. The Labute approximate surface area is 110 Å². The van der Waals surface area contributed by atoms with E-state index in [0.717, 1.165) is 5.56 Å². The summed E-state index contributed by atoms with van der Waals surface area (Å²) in [7, 11) is 0. The molecule has 4 atom stereocenters. The van der Waals surface area contributed by atoms with E-state index in [0.29, 0.717) is 12.2 Å². The van der Waals surface area contributed by atoms with E-state index in [-0.39, 0.29) is 30.8 Å². The predicted octanol–water partition coefficient (Wildman–Crippen LogP) is -0.353. The summed E-state index contributed by atoms with van der Waals surface area (Å²) >= 11 is 0. The van der Waals surface area contributed by atoms with Gasteiger partial charge >= 0.3 is 0 Å². The summed E-state index contributed by atoms with van der Waals surface area (Å²) < 4.78 is 10.9. The van der Waals surface area contributed by atoms with Crippen molar-refractivity contribution in [3.05, 3.63) is 29.6 Å². The average Bonchev–Trinajstić information content (AvgIpc) is 2.95. The largest absolute Gasteiger partial charge is 0.388 e. The molecule has 0 aliphatic carbocycles. The summed E-state index contributed by atoms with van der Waals surface area (Å²) in [4.78, 5) is 16.1. The zero-order valence-electron chi connectivity index (χ0n) is 10.6. The molecule has 2 N–H and O–H groups in total. The number of nitrogens with one attached hydrogen (secondary N) is 1. The second-order valence-corrected chi connectivity index (χ2v) is 4.93. The second kappa shape index (κ2) is 4.88. The van der Waals surface area contributed by atoms with Crippen molar-refractivity contribution < 1.29 is 19.4 Å². The van der Waals surface area contributed by atoms with Crippen LogP contribution in [0.15, 0.2) is 18.5 Å². The number of aryl methyl sites for hydroxylation is 1. The minimum atomic E-state index is -0.605. The van der Waals surface area contributed by atoms with Crippen LogP contribution in [0, 0.1) is 6.92 Å². The van der Waals surface area contributed by atoms with E-state index in [2.05, 4.69) is 10.3 Å². The number of pyridine rings is 1. The van der Waals surface area contributed by atoms with Crippen molar-refractivity contribution in [2.75, 3.05) is 13.2 Å². The molecule has 0 spiro atoms. The first-order valence-corrected chi connectivity index (χ1v) is 6.29. The van der Waals surface area contributed by atoms with Crippen molar-refractivity contribution >= 4 is 5.91 Å². The van der Waals surface area contributed by atoms with Gasteiger partial charge in [0.1, 0.15) is 18.3 Å². The number of fused-ring (bicyclic) bond motifs is 1. The summed E-state index contributed by atoms with van der Waals surface area (Å²) in [6.45, 7) is 2.48. The third-order valence-corrected chi connectivity index (χ3v) is 3.63. The number of carbonyl (C=O) groups is 1. The summed E-state index contributed by atoms with van der Waals surface area (Å²) in [5.41, 5.74) is 1.42. The van der Waals surface area contributed by atoms with Gasteiger partial charge in [0.2, 0.25) is 0 Å². The Morgan fingerprint density at radius 3 is 3.00 bits per heavy atom. The molecule has 0 unspecified atom stereocenters. The molecule has 2 aliphatic heterocycles. The zero-order valence-corrected chi connectivity index (χ0v) is 10.6. The van der Waals surface area contributed by atoms with Crippen molar-refractivity contribution in [3.8, 4) is 0 Å². The van der Waals surface area contributed by atoms with Gasteiger partial charge in [-0.3, -0.25) is 9.78 Å². The van der Waals surface area contributed by atoms with Gasteiger partial charge in [0.05, 0.1) is 24.8 Å². The summed E-state index contributed by atoms with van der Waals surface area (Å²) in [5, 5.41) is 12.5. The number of aliphatic hydroxyl groups is 1. The molecule has 1 aromatic heterocycles. The molecular formula is C13H16N2O4. The van der Waals surface area contributed by atoms with Gasteiger partial charge in [0.15, 0.2) is 0 Å². The lowest BCUT2D eigenvalue weighted by Gasteiger charge is -2.17. The maximum absolute atomic E-state index is 12.2. The van der Waals surface area contributed by atoms with Crippen molar-refractivity contribution in [3.63, 3.8) is 0 Å². The fourth-order valence-electron chi connectivity index (χ4n) is 2.55. The molecule has 19 heavy (non-hydrogen) atoms. The quantitative estimate of drug-likeness (QED) is 0.763. The van der Waals surface area contributed by atoms with E-state index in [4.69, 9.17) is 9.47 Å². The van der Waals surface area contributed by atoms with Crippen molar-refractivity contribution in [2.24, 2.45) is 0 Å². The molecule has 0 radical (unpaired) electrons. The minimum absolute atomic E-state index is 0.190. The van der Waals surface area contributed by atoms with E-state index in [1.165, 1.54) is 0 Å². The first-order chi connectivity index (χ1) is 9.16. The van der Waals surface area contributed by atoms with Crippen LogP contribution in [0.25, 0.3) is 0 Å². The Bertz CT molecular complexity index is 493. The van der Waals surface area contributed by atoms with Crippen LogP contribution in [0.3, 0.4) is 0 Å². The van der Waals surface area contributed by atoms with E-state index >= 15 is 0 Å². The summed E-state index contributed by atoms with van der Waals surface area (Å²) in [5.74, 6) is -0.190. The number of carbonyl (C=O) groups excluding carboxylic acids is 1. The van der Waals surface area contributed by atoms with Crippen LogP contribution in [-0.2, 0) is 9.47 Å². The molecule has 2 aliphatic rings. The smallest absolute Gasteiger partial charge is 0.253 e. The Hall–Kier alpha value is -1.50. The Morgan fingerprint density at radius 1 is 1.42 bits per heavy atom. The lowest BCUT2D eigenvalue weighted by atomic mass is 10.1. The number of aromatic nitrogens is 1. The standard InChI is InChI=1S/C13H16N2O4/c1-7-2-3-14-4-8(7)13(17)15-9-5-18-12-10(16)6-19-11(9)12/h2-4,9-12,16H,5-6H2,1H3,(H,15,17)/t9-,10-,11-,12-/m1/s1. The highest BCUT2D eigenvalue weighted by atomic mass is 16.6. The van der Waals surface area contributed by atoms with Gasteiger partial charge in [-0.1, -0.05) is 0 Å². The van der Waals surface area contributed by atoms with Gasteiger partial charge in [0, 0.05) is 12.4 Å². The molecule has 3 rings (SSSR count). The van der Waals surface area contributed by atoms with Gasteiger partial charge in [-0.15, -0.1) is 0 Å². The molecule has 1 amide bonds. The lowest BCUT2D eigenvalue weighted by Crippen LogP contribution is -2.44. The number of ether oxygens (including phenoxy) is 2. The number of nitrogens with zero attached hydrogens (tertiary/aromatic N) is 1. The fourth-order valence-corrected chi connectivity index (χ4v) is 2.55. The number of aliphatic hydroxyl groups excluding tert-OH is 1. The number of amides is 1. The van der Waals surface area contributed by atoms with Crippen molar-refractivity contribution in [2.45, 2.75) is 31.3 Å². The van der Waals surface area contributed by atoms with Crippen LogP contribution < -0.4 is 5.32 Å². The minimum Gasteiger partial charge on any atom is -0.388 e. The molecule has 2 saturated heterocycles. The molecule has 1 aromatic rings. The van der Waals surface area contributed by atoms with E-state index in [9.17, 15) is 9.90 Å². The van der Waals surface area contributed by atoms with Gasteiger partial charge in [-0.25, -0.2) is 0 Å². The molecule has 0 aromatic carbocycles. The molecule has 6 nitrogen and oxygen atoms in total. The number of hydrogen-bond acceptors (Lipinski definition) is 5. The number of rotatable bonds is 2. The molecule has 102 valence electrons. The third kappa shape index (κ3) is 2.22. The van der Waals surface area contributed by atoms with Crippen molar-refractivity contribution in [1.29, 1.82) is 0 Å². The molecule has 2 fully saturated rings.